The highest BCUT2D eigenvalue weighted by Gasteiger charge is 2.17. The molecular weight excluding hydrogens is 319 g/mol. The van der Waals surface area contributed by atoms with E-state index in [0.29, 0.717) is 5.75 Å². The van der Waals surface area contributed by atoms with E-state index in [1.807, 2.05) is 0 Å². The van der Waals surface area contributed by atoms with Crippen LogP contribution in [0, 0.1) is 5.82 Å². The maximum Gasteiger partial charge on any atom is 0.262 e. The molecule has 2 aromatic rings. The smallest absolute Gasteiger partial charge is 0.262 e. The van der Waals surface area contributed by atoms with E-state index in [1.54, 1.807) is 6.07 Å². The van der Waals surface area contributed by atoms with Gasteiger partial charge in [-0.05, 0) is 30.3 Å². The van der Waals surface area contributed by atoms with Crippen molar-refractivity contribution in [1.29, 1.82) is 0 Å². The first-order valence-corrected chi connectivity index (χ1v) is 7.61. The zero-order valence-electron chi connectivity index (χ0n) is 10.9. The first-order valence-electron chi connectivity index (χ1n) is 5.75. The molecule has 0 aliphatic rings. The molecule has 0 aromatic heterocycles. The third-order valence-electron chi connectivity index (χ3n) is 2.70. The third kappa shape index (κ3) is 3.37. The molecule has 0 atom stereocenters. The summed E-state index contributed by atoms with van der Waals surface area (Å²) in [5.74, 6) is -0.379. The largest absolute Gasteiger partial charge is 0.497 e. The summed E-state index contributed by atoms with van der Waals surface area (Å²) >= 11 is 5.93. The summed E-state index contributed by atoms with van der Waals surface area (Å²) in [7, 11) is -2.54. The van der Waals surface area contributed by atoms with Gasteiger partial charge in [0.2, 0.25) is 0 Å². The van der Waals surface area contributed by atoms with E-state index >= 15 is 0 Å². The van der Waals surface area contributed by atoms with Gasteiger partial charge in [0.15, 0.2) is 0 Å². The Morgan fingerprint density at radius 3 is 2.57 bits per heavy atom. The molecule has 0 bridgehead atoms. The second-order valence-electron chi connectivity index (χ2n) is 4.13. The molecule has 21 heavy (non-hydrogen) atoms. The molecule has 0 saturated carbocycles. The van der Waals surface area contributed by atoms with Gasteiger partial charge < -0.3 is 10.5 Å². The van der Waals surface area contributed by atoms with Gasteiger partial charge in [-0.1, -0.05) is 11.6 Å². The number of hydrogen-bond acceptors (Lipinski definition) is 4. The number of halogens is 2. The number of hydrogen-bond donors (Lipinski definition) is 2. The summed E-state index contributed by atoms with van der Waals surface area (Å²) in [5, 5.41) is 0.190. The van der Waals surface area contributed by atoms with Crippen molar-refractivity contribution in [1.82, 2.24) is 0 Å². The second-order valence-corrected chi connectivity index (χ2v) is 6.22. The van der Waals surface area contributed by atoms with Gasteiger partial charge >= 0.3 is 0 Å². The maximum absolute atomic E-state index is 13.4. The van der Waals surface area contributed by atoms with Crippen molar-refractivity contribution in [2.45, 2.75) is 4.90 Å². The fraction of sp³-hybridized carbons (Fsp3) is 0.0769. The molecule has 0 amide bonds. The molecule has 2 rings (SSSR count). The second kappa shape index (κ2) is 5.79. The third-order valence-corrected chi connectivity index (χ3v) is 4.39. The van der Waals surface area contributed by atoms with Gasteiger partial charge in [0.25, 0.3) is 10.0 Å². The Morgan fingerprint density at radius 1 is 1.24 bits per heavy atom. The molecule has 0 spiro atoms. The van der Waals surface area contributed by atoms with Crippen molar-refractivity contribution in [3.8, 4) is 5.75 Å². The van der Waals surface area contributed by atoms with Gasteiger partial charge in [0.05, 0.1) is 28.4 Å². The summed E-state index contributed by atoms with van der Waals surface area (Å²) in [4.78, 5) is -0.256. The van der Waals surface area contributed by atoms with Gasteiger partial charge in [-0.2, -0.15) is 0 Å². The molecule has 0 aliphatic carbocycles. The molecule has 0 heterocycles. The highest BCUT2D eigenvalue weighted by atomic mass is 35.5. The van der Waals surface area contributed by atoms with Gasteiger partial charge in [-0.25, -0.2) is 12.8 Å². The molecule has 8 heteroatoms. The topological polar surface area (TPSA) is 81.4 Å². The molecule has 0 radical (unpaired) electrons. The zero-order valence-corrected chi connectivity index (χ0v) is 12.5. The van der Waals surface area contributed by atoms with Crippen molar-refractivity contribution < 1.29 is 17.5 Å². The lowest BCUT2D eigenvalue weighted by atomic mass is 10.3. The molecule has 2 aromatic carbocycles. The lowest BCUT2D eigenvalue weighted by Gasteiger charge is -2.11. The molecule has 112 valence electrons. The Kier molecular flexibility index (Phi) is 4.24. The molecule has 0 unspecified atom stereocenters. The minimum atomic E-state index is -3.99. The van der Waals surface area contributed by atoms with E-state index < -0.39 is 15.8 Å². The summed E-state index contributed by atoms with van der Waals surface area (Å²) < 4.78 is 45.1. The fourth-order valence-corrected chi connectivity index (χ4v) is 2.89. The number of anilines is 2. The highest BCUT2D eigenvalue weighted by molar-refractivity contribution is 7.92. The lowest BCUT2D eigenvalue weighted by molar-refractivity contribution is 0.415. The molecule has 0 fully saturated rings. The number of sulfonamides is 1. The van der Waals surface area contributed by atoms with Crippen LogP contribution in [0.4, 0.5) is 15.8 Å². The summed E-state index contributed by atoms with van der Waals surface area (Å²) in [6, 6.07) is 7.72. The average Bonchev–Trinajstić information content (AvgIpc) is 2.44. The molecule has 3 N–H and O–H groups in total. The first kappa shape index (κ1) is 15.4. The molecule has 0 aliphatic heterocycles. The molecule has 0 saturated heterocycles. The van der Waals surface area contributed by atoms with E-state index in [9.17, 15) is 12.8 Å². The number of nitrogens with two attached hydrogens (primary N) is 1. The van der Waals surface area contributed by atoms with E-state index in [0.717, 1.165) is 6.07 Å². The van der Waals surface area contributed by atoms with Gasteiger partial charge in [0.1, 0.15) is 11.6 Å². The van der Waals surface area contributed by atoms with Crippen molar-refractivity contribution in [3.05, 3.63) is 47.2 Å². The van der Waals surface area contributed by atoms with E-state index in [2.05, 4.69) is 4.72 Å². The Morgan fingerprint density at radius 2 is 1.95 bits per heavy atom. The Balaban J connectivity index is 2.39. The van der Waals surface area contributed by atoms with Gasteiger partial charge in [-0.15, -0.1) is 0 Å². The van der Waals surface area contributed by atoms with Crippen LogP contribution in [0.3, 0.4) is 0 Å². The predicted molar refractivity (Wildman–Crippen MR) is 79.6 cm³/mol. The Labute approximate surface area is 126 Å². The van der Waals surface area contributed by atoms with Crippen LogP contribution in [0.1, 0.15) is 0 Å². The molecule has 5 nitrogen and oxygen atoms in total. The predicted octanol–water partition coefficient (Wildman–Crippen LogP) is 2.87. The van der Waals surface area contributed by atoms with Crippen LogP contribution >= 0.6 is 11.6 Å². The number of benzene rings is 2. The Bertz CT molecular complexity index is 781. The van der Waals surface area contributed by atoms with Crippen LogP contribution in [-0.2, 0) is 10.0 Å². The van der Waals surface area contributed by atoms with E-state index in [-0.39, 0.29) is 21.3 Å². The summed E-state index contributed by atoms with van der Waals surface area (Å²) in [6.45, 7) is 0. The highest BCUT2D eigenvalue weighted by Crippen LogP contribution is 2.29. The minimum absolute atomic E-state index is 0.131. The fourth-order valence-electron chi connectivity index (χ4n) is 1.59. The average molecular weight is 331 g/mol. The van der Waals surface area contributed by atoms with Gasteiger partial charge in [-0.3, -0.25) is 4.72 Å². The number of nitrogens with one attached hydrogen (secondary N) is 1. The first-order chi connectivity index (χ1) is 9.83. The lowest BCUT2D eigenvalue weighted by Crippen LogP contribution is -2.14. The van der Waals surface area contributed by atoms with Crippen molar-refractivity contribution >= 4 is 33.0 Å². The van der Waals surface area contributed by atoms with Gasteiger partial charge in [0, 0.05) is 6.07 Å². The van der Waals surface area contributed by atoms with Crippen LogP contribution < -0.4 is 15.2 Å². The van der Waals surface area contributed by atoms with Crippen molar-refractivity contribution in [3.63, 3.8) is 0 Å². The van der Waals surface area contributed by atoms with Crippen LogP contribution in [0.5, 0.6) is 5.75 Å². The summed E-state index contributed by atoms with van der Waals surface area (Å²) in [6.07, 6.45) is 0. The van der Waals surface area contributed by atoms with E-state index in [1.165, 1.54) is 31.4 Å². The molecular formula is C13H12ClFN2O3S. The standard InChI is InChI=1S/C13H12ClFN2O3S/c1-20-8-2-4-10(14)13(6-8)17-21(18,19)9-3-5-12(16)11(15)7-9/h2-7,17H,16H2,1H3. The number of methoxy groups -OCH3 is 1. The monoisotopic (exact) mass is 330 g/mol. The Hall–Kier alpha value is -1.99. The van der Waals surface area contributed by atoms with Crippen LogP contribution in [-0.4, -0.2) is 15.5 Å². The quantitative estimate of drug-likeness (QED) is 0.845. The van der Waals surface area contributed by atoms with Crippen LogP contribution in [0.25, 0.3) is 0 Å². The summed E-state index contributed by atoms with van der Waals surface area (Å²) in [5.41, 5.74) is 5.32. The SMILES string of the molecule is COc1ccc(Cl)c(NS(=O)(=O)c2ccc(N)c(F)c2)c1. The minimum Gasteiger partial charge on any atom is -0.497 e. The van der Waals surface area contributed by atoms with Crippen molar-refractivity contribution in [2.75, 3.05) is 17.6 Å². The van der Waals surface area contributed by atoms with Crippen LogP contribution in [0.15, 0.2) is 41.3 Å². The maximum atomic E-state index is 13.4. The number of ether oxygens (including phenoxy) is 1. The van der Waals surface area contributed by atoms with E-state index in [4.69, 9.17) is 22.1 Å². The van der Waals surface area contributed by atoms with Crippen LogP contribution in [0.2, 0.25) is 5.02 Å². The number of rotatable bonds is 4. The normalized spacial score (nSPS) is 11.2. The van der Waals surface area contributed by atoms with Crippen molar-refractivity contribution in [2.24, 2.45) is 0 Å². The zero-order chi connectivity index (χ0) is 15.6. The number of nitrogen functional groups attached to an aromatic ring is 1.